The van der Waals surface area contributed by atoms with Crippen LogP contribution in [0.5, 0.6) is 0 Å². The van der Waals surface area contributed by atoms with Gasteiger partial charge in [0.1, 0.15) is 0 Å². The van der Waals surface area contributed by atoms with Crippen LogP contribution in [0.2, 0.25) is 0 Å². The zero-order valence-corrected chi connectivity index (χ0v) is 17.7. The highest BCUT2D eigenvalue weighted by Gasteiger charge is 2.13. The van der Waals surface area contributed by atoms with Gasteiger partial charge in [-0.3, -0.25) is 4.79 Å². The zero-order chi connectivity index (χ0) is 20.1. The van der Waals surface area contributed by atoms with E-state index >= 15 is 0 Å². The second-order valence-electron chi connectivity index (χ2n) is 6.23. The van der Waals surface area contributed by atoms with Crippen molar-refractivity contribution in [2.24, 2.45) is 0 Å². The van der Waals surface area contributed by atoms with Crippen molar-refractivity contribution >= 4 is 37.0 Å². The van der Waals surface area contributed by atoms with Crippen LogP contribution in [-0.4, -0.2) is 19.7 Å². The number of nitrogens with one attached hydrogen (secondary N) is 1. The van der Waals surface area contributed by atoms with Crippen molar-refractivity contribution in [3.63, 3.8) is 0 Å². The normalized spacial score (nSPS) is 13.1. The van der Waals surface area contributed by atoms with Gasteiger partial charge in [-0.25, -0.2) is 0 Å². The third-order valence-corrected chi connectivity index (χ3v) is 6.36. The van der Waals surface area contributed by atoms with Crippen LogP contribution in [0.1, 0.15) is 28.9 Å². The molecule has 7 heteroatoms. The van der Waals surface area contributed by atoms with Crippen molar-refractivity contribution < 1.29 is 13.8 Å². The molecule has 0 fully saturated rings. The van der Waals surface area contributed by atoms with Crippen LogP contribution in [0.25, 0.3) is 10.4 Å². The Kier molecular flexibility index (Phi) is 6.81. The second-order valence-corrected chi connectivity index (χ2v) is 8.63. The largest absolute Gasteiger partial charge is 0.397 e. The monoisotopic (exact) mass is 414 g/mol. The predicted octanol–water partition coefficient (Wildman–Crippen LogP) is 5.92. The number of thiophene rings is 1. The molecule has 2 atom stereocenters. The number of hydrogen-bond acceptors (Lipinski definition) is 5. The Hall–Kier alpha value is -2.24. The van der Waals surface area contributed by atoms with E-state index in [0.717, 1.165) is 16.0 Å². The van der Waals surface area contributed by atoms with Gasteiger partial charge in [-0.05, 0) is 53.8 Å². The summed E-state index contributed by atoms with van der Waals surface area (Å²) < 4.78 is 11.0. The van der Waals surface area contributed by atoms with E-state index in [-0.39, 0.29) is 12.0 Å². The Morgan fingerprint density at radius 1 is 1.18 bits per heavy atom. The number of nitrogens with two attached hydrogens (primary N) is 1. The highest BCUT2D eigenvalue weighted by atomic mass is 32.1. The van der Waals surface area contributed by atoms with E-state index in [4.69, 9.17) is 14.8 Å². The van der Waals surface area contributed by atoms with E-state index in [9.17, 15) is 4.79 Å². The molecular weight excluding hydrogens is 391 g/mol. The molecule has 2 unspecified atom stereocenters. The third kappa shape index (κ3) is 4.97. The van der Waals surface area contributed by atoms with E-state index < -0.39 is 8.38 Å². The van der Waals surface area contributed by atoms with Gasteiger partial charge in [-0.15, -0.1) is 11.3 Å². The Morgan fingerprint density at radius 2 is 1.93 bits per heavy atom. The minimum atomic E-state index is -0.910. The van der Waals surface area contributed by atoms with Crippen molar-refractivity contribution in [2.75, 3.05) is 24.8 Å². The lowest BCUT2D eigenvalue weighted by Gasteiger charge is -2.17. The van der Waals surface area contributed by atoms with Crippen LogP contribution in [-0.2, 0) is 9.05 Å². The summed E-state index contributed by atoms with van der Waals surface area (Å²) in [6, 6.07) is 17.1. The SMILES string of the molecule is COP(C)OC(C)c1ccc(C(=O)Nc2cc(-c3cccs3)ccc2N)cc1. The molecule has 5 nitrogen and oxygen atoms in total. The van der Waals surface area contributed by atoms with Gasteiger partial charge in [0.05, 0.1) is 17.5 Å². The maximum absolute atomic E-state index is 12.7. The van der Waals surface area contributed by atoms with Crippen LogP contribution in [0.15, 0.2) is 60.0 Å². The highest BCUT2D eigenvalue weighted by Crippen LogP contribution is 2.38. The number of nitrogen functional groups attached to an aromatic ring is 1. The first-order valence-electron chi connectivity index (χ1n) is 8.77. The summed E-state index contributed by atoms with van der Waals surface area (Å²) >= 11 is 1.64. The molecule has 3 rings (SSSR count). The molecule has 28 heavy (non-hydrogen) atoms. The quantitative estimate of drug-likeness (QED) is 0.372. The molecule has 0 saturated carbocycles. The van der Waals surface area contributed by atoms with Gasteiger partial charge in [-0.1, -0.05) is 24.3 Å². The molecule has 0 spiro atoms. The summed E-state index contributed by atoms with van der Waals surface area (Å²) in [6.45, 7) is 3.87. The van der Waals surface area contributed by atoms with Gasteiger partial charge >= 0.3 is 0 Å². The molecule has 3 N–H and O–H groups in total. The number of anilines is 2. The Balaban J connectivity index is 1.72. The molecular formula is C21H23N2O3PS. The number of carbonyl (C=O) groups excluding carboxylic acids is 1. The summed E-state index contributed by atoms with van der Waals surface area (Å²) in [7, 11) is 0.720. The summed E-state index contributed by atoms with van der Waals surface area (Å²) in [5.41, 5.74) is 9.76. The predicted molar refractivity (Wildman–Crippen MR) is 118 cm³/mol. The number of carbonyl (C=O) groups is 1. The number of amides is 1. The third-order valence-electron chi connectivity index (χ3n) is 4.31. The van der Waals surface area contributed by atoms with Crippen molar-refractivity contribution in [3.8, 4) is 10.4 Å². The highest BCUT2D eigenvalue weighted by molar-refractivity contribution is 7.46. The lowest BCUT2D eigenvalue weighted by atomic mass is 10.1. The minimum Gasteiger partial charge on any atom is -0.397 e. The standard InChI is InChI=1S/C21H23N2O3PS/c1-14(26-27(3)25-2)15-6-8-16(9-7-15)21(24)23-19-13-17(10-11-18(19)22)20-5-4-12-28-20/h4-14H,22H2,1-3H3,(H,23,24). The van der Waals surface area contributed by atoms with Gasteiger partial charge in [-0.2, -0.15) is 0 Å². The van der Waals surface area contributed by atoms with Crippen LogP contribution in [0.4, 0.5) is 11.4 Å². The maximum atomic E-state index is 12.7. The van der Waals surface area contributed by atoms with E-state index in [2.05, 4.69) is 5.32 Å². The molecule has 0 radical (unpaired) electrons. The van der Waals surface area contributed by atoms with Crippen LogP contribution in [0.3, 0.4) is 0 Å². The van der Waals surface area contributed by atoms with Crippen molar-refractivity contribution in [1.29, 1.82) is 0 Å². The van der Waals surface area contributed by atoms with Crippen molar-refractivity contribution in [1.82, 2.24) is 0 Å². The molecule has 1 heterocycles. The van der Waals surface area contributed by atoms with Gasteiger partial charge in [0.2, 0.25) is 0 Å². The molecule has 0 saturated heterocycles. The van der Waals surface area contributed by atoms with Crippen molar-refractivity contribution in [3.05, 3.63) is 71.1 Å². The van der Waals surface area contributed by atoms with E-state index in [1.807, 2.05) is 61.4 Å². The van der Waals surface area contributed by atoms with Crippen LogP contribution < -0.4 is 11.1 Å². The minimum absolute atomic E-state index is 0.105. The lowest BCUT2D eigenvalue weighted by Crippen LogP contribution is -2.13. The average molecular weight is 414 g/mol. The Bertz CT molecular complexity index is 929. The first-order valence-corrected chi connectivity index (χ1v) is 11.3. The maximum Gasteiger partial charge on any atom is 0.255 e. The molecule has 146 valence electrons. The van der Waals surface area contributed by atoms with Gasteiger partial charge in [0.25, 0.3) is 5.91 Å². The molecule has 0 aliphatic heterocycles. The topological polar surface area (TPSA) is 73.6 Å². The summed E-state index contributed by atoms with van der Waals surface area (Å²) in [4.78, 5) is 13.8. The fraction of sp³-hybridized carbons (Fsp3) is 0.190. The second kappa shape index (κ2) is 9.30. The molecule has 0 aliphatic carbocycles. The van der Waals surface area contributed by atoms with E-state index in [0.29, 0.717) is 16.9 Å². The lowest BCUT2D eigenvalue weighted by molar-refractivity contribution is 0.102. The number of hydrogen-bond donors (Lipinski definition) is 2. The number of rotatable bonds is 7. The van der Waals surface area contributed by atoms with E-state index in [1.54, 1.807) is 30.6 Å². The first kappa shape index (κ1) is 20.5. The molecule has 1 amide bonds. The van der Waals surface area contributed by atoms with Crippen LogP contribution in [0, 0.1) is 0 Å². The Labute approximate surface area is 170 Å². The average Bonchev–Trinajstić information content (AvgIpc) is 3.24. The van der Waals surface area contributed by atoms with Gasteiger partial charge in [0, 0.05) is 24.2 Å². The first-order chi connectivity index (χ1) is 13.5. The van der Waals surface area contributed by atoms with Gasteiger partial charge < -0.3 is 20.1 Å². The van der Waals surface area contributed by atoms with E-state index in [1.165, 1.54) is 0 Å². The zero-order valence-electron chi connectivity index (χ0n) is 16.0. The summed E-state index contributed by atoms with van der Waals surface area (Å²) in [5, 5.41) is 4.93. The molecule has 1 aromatic heterocycles. The molecule has 2 aromatic carbocycles. The molecule has 3 aromatic rings. The van der Waals surface area contributed by atoms with Crippen LogP contribution >= 0.6 is 19.7 Å². The number of benzene rings is 2. The summed E-state index contributed by atoms with van der Waals surface area (Å²) in [6.07, 6.45) is -0.105. The summed E-state index contributed by atoms with van der Waals surface area (Å²) in [5.74, 6) is -0.204. The Morgan fingerprint density at radius 3 is 2.57 bits per heavy atom. The van der Waals surface area contributed by atoms with Crippen molar-refractivity contribution in [2.45, 2.75) is 13.0 Å². The smallest absolute Gasteiger partial charge is 0.255 e. The van der Waals surface area contributed by atoms with Gasteiger partial charge in [0.15, 0.2) is 8.38 Å². The fourth-order valence-corrected chi connectivity index (χ4v) is 4.06. The fourth-order valence-electron chi connectivity index (χ4n) is 2.69. The molecule has 0 aliphatic rings. The molecule has 0 bridgehead atoms.